The molecule has 0 saturated heterocycles. The van der Waals surface area contributed by atoms with Crippen LogP contribution in [0, 0.1) is 12.8 Å². The van der Waals surface area contributed by atoms with Gasteiger partial charge in [-0.1, -0.05) is 55.1 Å². The maximum atomic E-state index is 13.0. The molecule has 2 aliphatic rings. The van der Waals surface area contributed by atoms with Crippen molar-refractivity contribution in [3.05, 3.63) is 64.2 Å². The lowest BCUT2D eigenvalue weighted by Gasteiger charge is -2.30. The zero-order valence-electron chi connectivity index (χ0n) is 15.7. The molecule has 2 aromatic carbocycles. The SMILES string of the molecule is Cc1ccccc1C1=NCC(=O)N(CC2CCCCC2)c2ccc(Cl)cc21. The molecule has 1 heterocycles. The van der Waals surface area contributed by atoms with Crippen molar-refractivity contribution in [2.75, 3.05) is 18.0 Å². The number of amides is 1. The fraction of sp³-hybridized carbons (Fsp3) is 0.391. The number of carbonyl (C=O) groups is 1. The molecule has 1 aliphatic heterocycles. The Morgan fingerprint density at radius 1 is 1.07 bits per heavy atom. The standard InChI is InChI=1S/C23H25ClN2O/c1-16-7-5-6-10-19(16)23-20-13-18(24)11-12-21(20)26(22(27)14-25-23)15-17-8-3-2-4-9-17/h5-7,10-13,17H,2-4,8-9,14-15H2,1H3. The monoisotopic (exact) mass is 380 g/mol. The second kappa shape index (κ2) is 7.85. The molecule has 0 radical (unpaired) electrons. The highest BCUT2D eigenvalue weighted by Gasteiger charge is 2.28. The van der Waals surface area contributed by atoms with Crippen LogP contribution in [0.1, 0.15) is 48.8 Å². The minimum atomic E-state index is 0.0766. The van der Waals surface area contributed by atoms with E-state index in [1.54, 1.807) is 0 Å². The second-order valence-corrected chi connectivity index (χ2v) is 8.09. The van der Waals surface area contributed by atoms with Gasteiger partial charge >= 0.3 is 0 Å². The number of hydrogen-bond donors (Lipinski definition) is 0. The highest BCUT2D eigenvalue weighted by atomic mass is 35.5. The van der Waals surface area contributed by atoms with Crippen LogP contribution in [0.5, 0.6) is 0 Å². The van der Waals surface area contributed by atoms with Crippen molar-refractivity contribution in [3.8, 4) is 0 Å². The zero-order valence-corrected chi connectivity index (χ0v) is 16.5. The third kappa shape index (κ3) is 3.79. The molecule has 0 unspecified atom stereocenters. The van der Waals surface area contributed by atoms with Gasteiger partial charge in [0.15, 0.2) is 0 Å². The summed E-state index contributed by atoms with van der Waals surface area (Å²) in [5.41, 5.74) is 4.97. The first-order valence-corrected chi connectivity index (χ1v) is 10.2. The number of rotatable bonds is 3. The van der Waals surface area contributed by atoms with Gasteiger partial charge in [-0.25, -0.2) is 0 Å². The van der Waals surface area contributed by atoms with Gasteiger partial charge in [0.25, 0.3) is 0 Å². The van der Waals surface area contributed by atoms with E-state index >= 15 is 0 Å². The van der Waals surface area contributed by atoms with Gasteiger partial charge in [0, 0.05) is 22.7 Å². The number of benzodiazepines with no additional fused rings is 1. The summed E-state index contributed by atoms with van der Waals surface area (Å²) in [4.78, 5) is 19.7. The molecule has 0 N–H and O–H groups in total. The molecule has 0 atom stereocenters. The quantitative estimate of drug-likeness (QED) is 0.700. The van der Waals surface area contributed by atoms with Gasteiger partial charge in [-0.05, 0) is 49.4 Å². The van der Waals surface area contributed by atoms with E-state index in [1.807, 2.05) is 35.2 Å². The largest absolute Gasteiger partial charge is 0.310 e. The fourth-order valence-corrected chi connectivity index (χ4v) is 4.45. The lowest BCUT2D eigenvalue weighted by atomic mass is 9.88. The third-order valence-electron chi connectivity index (χ3n) is 5.74. The molecular weight excluding hydrogens is 356 g/mol. The Labute approximate surface area is 166 Å². The number of aliphatic imine (C=N–C) groups is 1. The van der Waals surface area contributed by atoms with Crippen LogP contribution >= 0.6 is 11.6 Å². The van der Waals surface area contributed by atoms with Crippen LogP contribution in [0.2, 0.25) is 5.02 Å². The Morgan fingerprint density at radius 3 is 2.63 bits per heavy atom. The number of nitrogens with zero attached hydrogens (tertiary/aromatic N) is 2. The molecule has 2 aromatic rings. The van der Waals surface area contributed by atoms with E-state index in [1.165, 1.54) is 32.1 Å². The molecule has 1 fully saturated rings. The summed E-state index contributed by atoms with van der Waals surface area (Å²) in [6, 6.07) is 14.0. The van der Waals surface area contributed by atoms with Crippen LogP contribution in [0.25, 0.3) is 0 Å². The average Bonchev–Trinajstić information content (AvgIpc) is 2.80. The Morgan fingerprint density at radius 2 is 1.85 bits per heavy atom. The highest BCUT2D eigenvalue weighted by Crippen LogP contribution is 2.33. The van der Waals surface area contributed by atoms with Crippen LogP contribution in [0.15, 0.2) is 47.5 Å². The Kier molecular flexibility index (Phi) is 5.31. The van der Waals surface area contributed by atoms with Crippen molar-refractivity contribution in [1.82, 2.24) is 0 Å². The van der Waals surface area contributed by atoms with Gasteiger partial charge in [-0.15, -0.1) is 0 Å². The number of benzene rings is 2. The molecule has 0 aromatic heterocycles. The van der Waals surface area contributed by atoms with E-state index < -0.39 is 0 Å². The van der Waals surface area contributed by atoms with E-state index in [2.05, 4.69) is 19.1 Å². The first-order chi connectivity index (χ1) is 13.1. The summed E-state index contributed by atoms with van der Waals surface area (Å²) in [5, 5.41) is 0.669. The van der Waals surface area contributed by atoms with Crippen molar-refractivity contribution in [3.63, 3.8) is 0 Å². The number of hydrogen-bond acceptors (Lipinski definition) is 2. The molecule has 0 spiro atoms. The minimum Gasteiger partial charge on any atom is -0.310 e. The third-order valence-corrected chi connectivity index (χ3v) is 5.98. The number of fused-ring (bicyclic) bond motifs is 1. The Balaban J connectivity index is 1.77. The first kappa shape index (κ1) is 18.2. The molecule has 4 rings (SSSR count). The molecule has 140 valence electrons. The predicted octanol–water partition coefficient (Wildman–Crippen LogP) is 5.41. The van der Waals surface area contributed by atoms with Crippen molar-refractivity contribution in [2.24, 2.45) is 10.9 Å². The molecule has 4 heteroatoms. The maximum absolute atomic E-state index is 13.0. The summed E-state index contributed by atoms with van der Waals surface area (Å²) >= 11 is 6.34. The molecule has 1 saturated carbocycles. The topological polar surface area (TPSA) is 32.7 Å². The molecule has 3 nitrogen and oxygen atoms in total. The number of anilines is 1. The summed E-state index contributed by atoms with van der Waals surface area (Å²) in [7, 11) is 0. The van der Waals surface area contributed by atoms with Gasteiger partial charge in [-0.2, -0.15) is 0 Å². The summed E-state index contributed by atoms with van der Waals surface area (Å²) in [6.45, 7) is 3.04. The molecular formula is C23H25ClN2O. The smallest absolute Gasteiger partial charge is 0.248 e. The average molecular weight is 381 g/mol. The predicted molar refractivity (Wildman–Crippen MR) is 112 cm³/mol. The highest BCUT2D eigenvalue weighted by molar-refractivity contribution is 6.32. The summed E-state index contributed by atoms with van der Waals surface area (Å²) in [6.07, 6.45) is 6.27. The number of carbonyl (C=O) groups excluding carboxylic acids is 1. The van der Waals surface area contributed by atoms with Crippen LogP contribution in [-0.4, -0.2) is 24.7 Å². The lowest BCUT2D eigenvalue weighted by molar-refractivity contribution is -0.117. The van der Waals surface area contributed by atoms with Gasteiger partial charge < -0.3 is 4.90 Å². The molecule has 1 aliphatic carbocycles. The fourth-order valence-electron chi connectivity index (χ4n) is 4.28. The summed E-state index contributed by atoms with van der Waals surface area (Å²) < 4.78 is 0. The van der Waals surface area contributed by atoms with Gasteiger partial charge in [0.1, 0.15) is 6.54 Å². The van der Waals surface area contributed by atoms with Crippen LogP contribution in [0.3, 0.4) is 0 Å². The maximum Gasteiger partial charge on any atom is 0.248 e. The van der Waals surface area contributed by atoms with E-state index in [0.717, 1.165) is 34.6 Å². The van der Waals surface area contributed by atoms with Crippen molar-refractivity contribution >= 4 is 28.9 Å². The summed E-state index contributed by atoms with van der Waals surface area (Å²) in [5.74, 6) is 0.652. The Bertz CT molecular complexity index is 884. The number of aryl methyl sites for hydroxylation is 1. The van der Waals surface area contributed by atoms with Crippen molar-refractivity contribution in [2.45, 2.75) is 39.0 Å². The van der Waals surface area contributed by atoms with Gasteiger partial charge in [-0.3, -0.25) is 9.79 Å². The lowest BCUT2D eigenvalue weighted by Crippen LogP contribution is -2.37. The first-order valence-electron chi connectivity index (χ1n) is 9.84. The minimum absolute atomic E-state index is 0.0766. The van der Waals surface area contributed by atoms with Crippen LogP contribution in [0.4, 0.5) is 5.69 Å². The van der Waals surface area contributed by atoms with Crippen molar-refractivity contribution < 1.29 is 4.79 Å². The van der Waals surface area contributed by atoms with E-state index in [9.17, 15) is 4.79 Å². The van der Waals surface area contributed by atoms with Gasteiger partial charge in [0.05, 0.1) is 11.4 Å². The molecule has 0 bridgehead atoms. The van der Waals surface area contributed by atoms with Crippen molar-refractivity contribution in [1.29, 1.82) is 0 Å². The van der Waals surface area contributed by atoms with E-state index in [-0.39, 0.29) is 12.5 Å². The van der Waals surface area contributed by atoms with E-state index in [4.69, 9.17) is 16.6 Å². The Hall–Kier alpha value is -2.13. The normalized spacial score (nSPS) is 18.1. The van der Waals surface area contributed by atoms with Crippen LogP contribution < -0.4 is 4.90 Å². The van der Waals surface area contributed by atoms with Gasteiger partial charge in [0.2, 0.25) is 5.91 Å². The zero-order chi connectivity index (χ0) is 18.8. The molecule has 27 heavy (non-hydrogen) atoms. The number of halogens is 1. The molecule has 1 amide bonds. The van der Waals surface area contributed by atoms with E-state index in [0.29, 0.717) is 10.9 Å². The second-order valence-electron chi connectivity index (χ2n) is 7.65. The van der Waals surface area contributed by atoms with Crippen LogP contribution in [-0.2, 0) is 4.79 Å².